The fourth-order valence-electron chi connectivity index (χ4n) is 2.24. The molecule has 7 heteroatoms. The van der Waals surface area contributed by atoms with Crippen LogP contribution in [0.5, 0.6) is 0 Å². The lowest BCUT2D eigenvalue weighted by molar-refractivity contribution is 0.105. The first-order chi connectivity index (χ1) is 8.86. The molecular formula is C12H19ClN2O2S2. The maximum Gasteiger partial charge on any atom is 0.252 e. The van der Waals surface area contributed by atoms with Gasteiger partial charge < -0.3 is 0 Å². The van der Waals surface area contributed by atoms with E-state index in [4.69, 9.17) is 11.6 Å². The van der Waals surface area contributed by atoms with Crippen molar-refractivity contribution in [2.24, 2.45) is 0 Å². The molecule has 0 aromatic carbocycles. The molecule has 0 amide bonds. The van der Waals surface area contributed by atoms with Gasteiger partial charge in [-0.2, -0.15) is 4.31 Å². The number of likely N-dealkylation sites (N-methyl/N-ethyl adjacent to an activating group) is 1. The van der Waals surface area contributed by atoms with Crippen molar-refractivity contribution < 1.29 is 8.42 Å². The van der Waals surface area contributed by atoms with Crippen LogP contribution < -0.4 is 0 Å². The van der Waals surface area contributed by atoms with Crippen LogP contribution in [-0.2, 0) is 15.9 Å². The molecule has 0 radical (unpaired) electrons. The minimum Gasteiger partial charge on any atom is -0.298 e. The van der Waals surface area contributed by atoms with Crippen molar-refractivity contribution in [3.8, 4) is 0 Å². The summed E-state index contributed by atoms with van der Waals surface area (Å²) in [5.74, 6) is 0.349. The van der Waals surface area contributed by atoms with E-state index in [1.165, 1.54) is 11.3 Å². The number of hydrogen-bond donors (Lipinski definition) is 0. The van der Waals surface area contributed by atoms with Gasteiger partial charge >= 0.3 is 0 Å². The third kappa shape index (κ3) is 2.97. The Morgan fingerprint density at radius 1 is 1.37 bits per heavy atom. The van der Waals surface area contributed by atoms with Crippen LogP contribution in [0.3, 0.4) is 0 Å². The SMILES string of the molecule is CC1CN(S(=O)(=O)c2cc(CCl)cs2)CC(C)N1C. The van der Waals surface area contributed by atoms with Crippen molar-refractivity contribution >= 4 is 33.0 Å². The molecule has 2 unspecified atom stereocenters. The zero-order valence-corrected chi connectivity index (χ0v) is 13.7. The molecular weight excluding hydrogens is 304 g/mol. The minimum absolute atomic E-state index is 0.228. The Kier molecular flexibility index (Phi) is 4.57. The topological polar surface area (TPSA) is 40.6 Å². The fourth-order valence-corrected chi connectivity index (χ4v) is 5.45. The Labute approximate surface area is 124 Å². The highest BCUT2D eigenvalue weighted by atomic mass is 35.5. The molecule has 0 bridgehead atoms. The highest BCUT2D eigenvalue weighted by molar-refractivity contribution is 7.91. The number of piperazine rings is 1. The standard InChI is InChI=1S/C12H19ClN2O2S2/c1-9-6-15(7-10(2)14(9)3)19(16,17)12-4-11(5-13)8-18-12/h4,8-10H,5-7H2,1-3H3. The lowest BCUT2D eigenvalue weighted by Crippen LogP contribution is -2.56. The summed E-state index contributed by atoms with van der Waals surface area (Å²) in [6, 6.07) is 2.14. The quantitative estimate of drug-likeness (QED) is 0.801. The van der Waals surface area contributed by atoms with Gasteiger partial charge in [0.15, 0.2) is 0 Å². The number of alkyl halides is 1. The number of halogens is 1. The number of rotatable bonds is 3. The Morgan fingerprint density at radius 2 is 1.95 bits per heavy atom. The first kappa shape index (κ1) is 15.3. The van der Waals surface area contributed by atoms with E-state index in [-0.39, 0.29) is 12.1 Å². The van der Waals surface area contributed by atoms with Gasteiger partial charge in [-0.05, 0) is 37.9 Å². The number of hydrogen-bond acceptors (Lipinski definition) is 4. The molecule has 1 aromatic heterocycles. The second-order valence-electron chi connectivity index (χ2n) is 5.09. The Balaban J connectivity index is 2.25. The molecule has 1 saturated heterocycles. The molecule has 2 heterocycles. The van der Waals surface area contributed by atoms with Crippen LogP contribution in [0.4, 0.5) is 0 Å². The molecule has 0 saturated carbocycles. The highest BCUT2D eigenvalue weighted by Crippen LogP contribution is 2.27. The maximum absolute atomic E-state index is 12.6. The van der Waals surface area contributed by atoms with E-state index in [1.807, 2.05) is 12.4 Å². The molecule has 108 valence electrons. The second-order valence-corrected chi connectivity index (χ2v) is 8.44. The molecule has 1 aliphatic rings. The van der Waals surface area contributed by atoms with Crippen LogP contribution >= 0.6 is 22.9 Å². The van der Waals surface area contributed by atoms with E-state index in [1.54, 1.807) is 10.4 Å². The monoisotopic (exact) mass is 322 g/mol. The van der Waals surface area contributed by atoms with Crippen LogP contribution in [0.15, 0.2) is 15.7 Å². The molecule has 0 spiro atoms. The largest absolute Gasteiger partial charge is 0.298 e. The molecule has 1 aliphatic heterocycles. The summed E-state index contributed by atoms with van der Waals surface area (Å²) < 4.78 is 27.2. The maximum atomic E-state index is 12.6. The molecule has 1 aromatic rings. The molecule has 2 rings (SSSR count). The van der Waals surface area contributed by atoms with Crippen molar-refractivity contribution in [1.29, 1.82) is 0 Å². The van der Waals surface area contributed by atoms with Crippen molar-refractivity contribution in [3.05, 3.63) is 17.0 Å². The average molecular weight is 323 g/mol. The van der Waals surface area contributed by atoms with Crippen LogP contribution in [0, 0.1) is 0 Å². The summed E-state index contributed by atoms with van der Waals surface area (Å²) in [7, 11) is -1.34. The summed E-state index contributed by atoms with van der Waals surface area (Å²) in [6.07, 6.45) is 0. The molecule has 0 N–H and O–H groups in total. The first-order valence-electron chi connectivity index (χ1n) is 6.21. The Bertz CT molecular complexity index is 532. The van der Waals surface area contributed by atoms with Crippen molar-refractivity contribution in [2.75, 3.05) is 20.1 Å². The number of nitrogens with zero attached hydrogens (tertiary/aromatic N) is 2. The summed E-state index contributed by atoms with van der Waals surface area (Å²) in [5, 5.41) is 1.81. The normalized spacial score (nSPS) is 26.7. The zero-order valence-electron chi connectivity index (χ0n) is 11.3. The molecule has 2 atom stereocenters. The number of sulfonamides is 1. The van der Waals surface area contributed by atoms with E-state index < -0.39 is 10.0 Å². The number of thiophene rings is 1. The highest BCUT2D eigenvalue weighted by Gasteiger charge is 2.35. The van der Waals surface area contributed by atoms with Gasteiger partial charge in [-0.1, -0.05) is 0 Å². The Hall–Kier alpha value is -0.140. The third-order valence-corrected chi connectivity index (χ3v) is 7.31. The lowest BCUT2D eigenvalue weighted by Gasteiger charge is -2.41. The lowest BCUT2D eigenvalue weighted by atomic mass is 10.1. The smallest absolute Gasteiger partial charge is 0.252 e. The van der Waals surface area contributed by atoms with Crippen LogP contribution in [0.2, 0.25) is 0 Å². The third-order valence-electron chi connectivity index (χ3n) is 3.70. The van der Waals surface area contributed by atoms with Crippen LogP contribution in [0.25, 0.3) is 0 Å². The van der Waals surface area contributed by atoms with Gasteiger partial charge in [-0.25, -0.2) is 8.42 Å². The van der Waals surface area contributed by atoms with Gasteiger partial charge in [0.2, 0.25) is 0 Å². The first-order valence-corrected chi connectivity index (χ1v) is 9.07. The van der Waals surface area contributed by atoms with Crippen LogP contribution in [0.1, 0.15) is 19.4 Å². The predicted molar refractivity (Wildman–Crippen MR) is 79.3 cm³/mol. The fraction of sp³-hybridized carbons (Fsp3) is 0.667. The van der Waals surface area contributed by atoms with Crippen molar-refractivity contribution in [3.63, 3.8) is 0 Å². The van der Waals surface area contributed by atoms with E-state index in [2.05, 4.69) is 18.7 Å². The van der Waals surface area contributed by atoms with Crippen molar-refractivity contribution in [1.82, 2.24) is 9.21 Å². The van der Waals surface area contributed by atoms with Gasteiger partial charge in [0, 0.05) is 31.1 Å². The van der Waals surface area contributed by atoms with Gasteiger partial charge in [-0.3, -0.25) is 4.90 Å². The van der Waals surface area contributed by atoms with Crippen molar-refractivity contribution in [2.45, 2.75) is 36.0 Å². The van der Waals surface area contributed by atoms with Gasteiger partial charge in [-0.15, -0.1) is 22.9 Å². The summed E-state index contributed by atoms with van der Waals surface area (Å²) in [6.45, 7) is 5.18. The van der Waals surface area contributed by atoms with E-state index in [9.17, 15) is 8.42 Å². The summed E-state index contributed by atoms with van der Waals surface area (Å²) in [5.41, 5.74) is 0.862. The Morgan fingerprint density at radius 3 is 2.42 bits per heavy atom. The average Bonchev–Trinajstić information content (AvgIpc) is 2.84. The van der Waals surface area contributed by atoms with Crippen LogP contribution in [-0.4, -0.2) is 49.8 Å². The van der Waals surface area contributed by atoms with Gasteiger partial charge in [0.05, 0.1) is 0 Å². The van der Waals surface area contributed by atoms with Gasteiger partial charge in [0.1, 0.15) is 4.21 Å². The molecule has 4 nitrogen and oxygen atoms in total. The summed E-state index contributed by atoms with van der Waals surface area (Å²) >= 11 is 6.98. The van der Waals surface area contributed by atoms with E-state index in [0.717, 1.165) is 5.56 Å². The summed E-state index contributed by atoms with van der Waals surface area (Å²) in [4.78, 5) is 2.21. The molecule has 0 aliphatic carbocycles. The second kappa shape index (κ2) is 5.69. The minimum atomic E-state index is -3.37. The zero-order chi connectivity index (χ0) is 14.2. The molecule has 19 heavy (non-hydrogen) atoms. The molecule has 1 fully saturated rings. The van der Waals surface area contributed by atoms with Gasteiger partial charge in [0.25, 0.3) is 10.0 Å². The van der Waals surface area contributed by atoms with E-state index >= 15 is 0 Å². The van der Waals surface area contributed by atoms with E-state index in [0.29, 0.717) is 23.2 Å². The predicted octanol–water partition coefficient (Wildman–Crippen LogP) is 2.20.